The van der Waals surface area contributed by atoms with Gasteiger partial charge in [-0.15, -0.1) is 0 Å². The number of ether oxygens (including phenoxy) is 1. The van der Waals surface area contributed by atoms with Gasteiger partial charge in [0, 0.05) is 36.9 Å². The Bertz CT molecular complexity index is 875. The molecule has 0 aliphatic carbocycles. The number of carbonyl (C=O) groups is 2. The number of hydrogen-bond acceptors (Lipinski definition) is 3. The van der Waals surface area contributed by atoms with E-state index in [0.717, 1.165) is 29.8 Å². The average molecular weight is 442 g/mol. The molecule has 6 nitrogen and oxygen atoms in total. The summed E-state index contributed by atoms with van der Waals surface area (Å²) in [4.78, 5) is 29.6. The van der Waals surface area contributed by atoms with Crippen molar-refractivity contribution < 1.29 is 14.3 Å². The molecule has 0 fully saturated rings. The van der Waals surface area contributed by atoms with Crippen LogP contribution < -0.4 is 4.74 Å². The highest BCUT2D eigenvalue weighted by atomic mass is 16.5. The molecule has 0 saturated carbocycles. The van der Waals surface area contributed by atoms with Gasteiger partial charge in [-0.3, -0.25) is 9.59 Å². The molecule has 1 atom stereocenters. The van der Waals surface area contributed by atoms with Crippen LogP contribution in [-0.4, -0.2) is 52.4 Å². The van der Waals surface area contributed by atoms with E-state index in [-0.39, 0.29) is 30.3 Å². The fourth-order valence-corrected chi connectivity index (χ4v) is 3.76. The van der Waals surface area contributed by atoms with Gasteiger partial charge in [0.2, 0.25) is 11.8 Å². The van der Waals surface area contributed by atoms with Gasteiger partial charge in [0.1, 0.15) is 5.75 Å². The smallest absolute Gasteiger partial charge is 0.242 e. The largest absolute Gasteiger partial charge is 0.497 e. The van der Waals surface area contributed by atoms with Gasteiger partial charge in [-0.25, -0.2) is 0 Å². The van der Waals surface area contributed by atoms with Crippen LogP contribution >= 0.6 is 0 Å². The minimum atomic E-state index is -0.119. The van der Waals surface area contributed by atoms with Crippen molar-refractivity contribution in [2.75, 3.05) is 20.2 Å². The Balaban J connectivity index is 2.20. The first-order chi connectivity index (χ1) is 15.3. The van der Waals surface area contributed by atoms with Gasteiger partial charge in [-0.1, -0.05) is 39.8 Å². The molecule has 0 bridgehead atoms. The van der Waals surface area contributed by atoms with Crippen LogP contribution in [0.5, 0.6) is 5.75 Å². The molecule has 2 aromatic rings. The third-order valence-electron chi connectivity index (χ3n) is 5.81. The highest BCUT2D eigenvalue weighted by Crippen LogP contribution is 2.18. The fourth-order valence-electron chi connectivity index (χ4n) is 3.76. The molecule has 0 aliphatic heterocycles. The Morgan fingerprint density at radius 1 is 1.09 bits per heavy atom. The summed E-state index contributed by atoms with van der Waals surface area (Å²) in [6.07, 6.45) is 3.73. The van der Waals surface area contributed by atoms with Crippen LogP contribution in [0.15, 0.2) is 42.6 Å². The first-order valence-corrected chi connectivity index (χ1v) is 11.7. The summed E-state index contributed by atoms with van der Waals surface area (Å²) >= 11 is 0. The first kappa shape index (κ1) is 25.5. The lowest BCUT2D eigenvalue weighted by atomic mass is 10.1. The maximum atomic E-state index is 13.3. The Morgan fingerprint density at radius 2 is 1.84 bits per heavy atom. The molecule has 0 spiro atoms. The Kier molecular flexibility index (Phi) is 9.82. The molecule has 0 aliphatic rings. The lowest BCUT2D eigenvalue weighted by molar-refractivity contribution is -0.143. The van der Waals surface area contributed by atoms with Gasteiger partial charge in [0.15, 0.2) is 0 Å². The van der Waals surface area contributed by atoms with Crippen molar-refractivity contribution in [2.24, 2.45) is 5.92 Å². The molecule has 1 heterocycles. The van der Waals surface area contributed by atoms with Crippen molar-refractivity contribution in [3.05, 3.63) is 53.9 Å². The summed E-state index contributed by atoms with van der Waals surface area (Å²) in [5.74, 6) is 0.742. The van der Waals surface area contributed by atoms with Crippen molar-refractivity contribution in [3.63, 3.8) is 0 Å². The van der Waals surface area contributed by atoms with Gasteiger partial charge in [0.05, 0.1) is 20.2 Å². The molecule has 1 aromatic carbocycles. The number of aromatic nitrogens is 1. The predicted octanol–water partition coefficient (Wildman–Crippen LogP) is 4.57. The van der Waals surface area contributed by atoms with Crippen molar-refractivity contribution in [3.8, 4) is 5.75 Å². The maximum absolute atomic E-state index is 13.3. The molecule has 176 valence electrons. The van der Waals surface area contributed by atoms with E-state index in [0.29, 0.717) is 19.6 Å². The van der Waals surface area contributed by atoms with Gasteiger partial charge < -0.3 is 19.1 Å². The number of amides is 2. The average Bonchev–Trinajstić information content (AvgIpc) is 3.22. The molecule has 2 amide bonds. The summed E-state index contributed by atoms with van der Waals surface area (Å²) in [7, 11) is 1.67. The first-order valence-electron chi connectivity index (χ1n) is 11.7. The highest BCUT2D eigenvalue weighted by Gasteiger charge is 2.25. The summed E-state index contributed by atoms with van der Waals surface area (Å²) in [5, 5.41) is 0. The lowest BCUT2D eigenvalue weighted by Crippen LogP contribution is -2.47. The summed E-state index contributed by atoms with van der Waals surface area (Å²) in [6, 6.07) is 12.2. The van der Waals surface area contributed by atoms with Crippen molar-refractivity contribution >= 4 is 11.8 Å². The van der Waals surface area contributed by atoms with Gasteiger partial charge in [-0.2, -0.15) is 0 Å². The van der Waals surface area contributed by atoms with E-state index in [1.807, 2.05) is 56.1 Å². The second kappa shape index (κ2) is 12.3. The molecule has 0 radical (unpaired) electrons. The normalized spacial score (nSPS) is 12.0. The molecule has 32 heavy (non-hydrogen) atoms. The molecule has 2 rings (SSSR count). The molecule has 1 unspecified atom stereocenters. The predicted molar refractivity (Wildman–Crippen MR) is 129 cm³/mol. The Labute approximate surface area is 193 Å². The van der Waals surface area contributed by atoms with E-state index >= 15 is 0 Å². The van der Waals surface area contributed by atoms with Crippen molar-refractivity contribution in [2.45, 2.75) is 66.6 Å². The quantitative estimate of drug-likeness (QED) is 0.485. The Hall–Kier alpha value is -2.76. The van der Waals surface area contributed by atoms with Crippen LogP contribution in [0.3, 0.4) is 0 Å². The summed E-state index contributed by atoms with van der Waals surface area (Å²) in [6.45, 7) is 11.9. The zero-order valence-electron chi connectivity index (χ0n) is 20.5. The standard InChI is InChI=1S/C26H39N3O3/c1-7-14-28(26(31)20(3)4)19-25(30)29(21(5)8-2)18-23-12-10-15-27(23)17-22-11-9-13-24(16-22)32-6/h9-13,15-16,20-21H,7-8,14,17-19H2,1-6H3. The summed E-state index contributed by atoms with van der Waals surface area (Å²) in [5.41, 5.74) is 2.21. The van der Waals surface area contributed by atoms with Crippen LogP contribution in [-0.2, 0) is 22.7 Å². The topological polar surface area (TPSA) is 54.8 Å². The van der Waals surface area contributed by atoms with Crippen LogP contribution in [0.25, 0.3) is 0 Å². The molecular formula is C26H39N3O3. The van der Waals surface area contributed by atoms with Crippen LogP contribution in [0, 0.1) is 5.92 Å². The lowest BCUT2D eigenvalue weighted by Gasteiger charge is -2.32. The molecular weight excluding hydrogens is 402 g/mol. The monoisotopic (exact) mass is 441 g/mol. The Morgan fingerprint density at radius 3 is 2.47 bits per heavy atom. The molecule has 6 heteroatoms. The van der Waals surface area contributed by atoms with E-state index in [2.05, 4.69) is 30.5 Å². The van der Waals surface area contributed by atoms with Gasteiger partial charge in [-0.05, 0) is 49.6 Å². The molecule has 0 N–H and O–H groups in total. The van der Waals surface area contributed by atoms with E-state index in [9.17, 15) is 9.59 Å². The third-order valence-corrected chi connectivity index (χ3v) is 5.81. The minimum absolute atomic E-state index is 0.00377. The van der Waals surface area contributed by atoms with E-state index in [1.54, 1.807) is 12.0 Å². The third kappa shape index (κ3) is 6.87. The molecule has 1 aromatic heterocycles. The zero-order chi connectivity index (χ0) is 23.7. The number of rotatable bonds is 12. The van der Waals surface area contributed by atoms with E-state index in [1.165, 1.54) is 0 Å². The zero-order valence-corrected chi connectivity index (χ0v) is 20.5. The van der Waals surface area contributed by atoms with Crippen LogP contribution in [0.2, 0.25) is 0 Å². The number of carbonyl (C=O) groups excluding carboxylic acids is 2. The van der Waals surface area contributed by atoms with Gasteiger partial charge >= 0.3 is 0 Å². The molecule has 0 saturated heterocycles. The number of nitrogens with zero attached hydrogens (tertiary/aromatic N) is 3. The van der Waals surface area contributed by atoms with Crippen molar-refractivity contribution in [1.29, 1.82) is 0 Å². The SMILES string of the molecule is CCCN(CC(=O)N(Cc1cccn1Cc1cccc(OC)c1)C(C)CC)C(=O)C(C)C. The van der Waals surface area contributed by atoms with Crippen LogP contribution in [0.4, 0.5) is 0 Å². The van der Waals surface area contributed by atoms with Crippen LogP contribution in [0.1, 0.15) is 58.7 Å². The summed E-state index contributed by atoms with van der Waals surface area (Å²) < 4.78 is 7.51. The number of benzene rings is 1. The fraction of sp³-hybridized carbons (Fsp3) is 0.538. The number of hydrogen-bond donors (Lipinski definition) is 0. The second-order valence-electron chi connectivity index (χ2n) is 8.67. The van der Waals surface area contributed by atoms with Gasteiger partial charge in [0.25, 0.3) is 0 Å². The van der Waals surface area contributed by atoms with E-state index < -0.39 is 0 Å². The highest BCUT2D eigenvalue weighted by molar-refractivity contribution is 5.85. The van der Waals surface area contributed by atoms with Crippen molar-refractivity contribution in [1.82, 2.24) is 14.4 Å². The minimum Gasteiger partial charge on any atom is -0.497 e. The number of methoxy groups -OCH3 is 1. The maximum Gasteiger partial charge on any atom is 0.242 e. The van der Waals surface area contributed by atoms with E-state index in [4.69, 9.17) is 4.74 Å². The second-order valence-corrected chi connectivity index (χ2v) is 8.67.